The Bertz CT molecular complexity index is 348. The molecule has 1 aromatic rings. The van der Waals surface area contributed by atoms with Gasteiger partial charge >= 0.3 is 11.9 Å². The molecule has 0 amide bonds. The van der Waals surface area contributed by atoms with E-state index in [1.165, 1.54) is 19.1 Å². The molecule has 4 nitrogen and oxygen atoms in total. The van der Waals surface area contributed by atoms with Crippen LogP contribution >= 0.6 is 12.4 Å². The van der Waals surface area contributed by atoms with Crippen LogP contribution < -0.4 is 4.74 Å². The third-order valence-corrected chi connectivity index (χ3v) is 1.37. The van der Waals surface area contributed by atoms with Crippen LogP contribution in [0.5, 0.6) is 5.75 Å². The zero-order valence-corrected chi connectivity index (χ0v) is 8.21. The van der Waals surface area contributed by atoms with Gasteiger partial charge in [-0.1, -0.05) is 12.1 Å². The molecule has 0 radical (unpaired) electrons. The first-order valence-electron chi connectivity index (χ1n) is 3.62. The van der Waals surface area contributed by atoms with Crippen molar-refractivity contribution >= 4 is 24.3 Å². The van der Waals surface area contributed by atoms with Crippen molar-refractivity contribution in [1.82, 2.24) is 0 Å². The summed E-state index contributed by atoms with van der Waals surface area (Å²) in [6.45, 7) is 1.22. The number of benzene rings is 1. The van der Waals surface area contributed by atoms with E-state index in [-0.39, 0.29) is 23.7 Å². The van der Waals surface area contributed by atoms with Crippen LogP contribution in [0.15, 0.2) is 24.3 Å². The Labute approximate surface area is 86.9 Å². The lowest BCUT2D eigenvalue weighted by molar-refractivity contribution is -0.131. The predicted octanol–water partition coefficient (Wildman–Crippen LogP) is 1.73. The number of hydrogen-bond acceptors (Lipinski definition) is 3. The van der Waals surface area contributed by atoms with E-state index in [4.69, 9.17) is 5.11 Å². The van der Waals surface area contributed by atoms with Gasteiger partial charge in [0.1, 0.15) is 11.3 Å². The summed E-state index contributed by atoms with van der Waals surface area (Å²) in [6, 6.07) is 5.98. The van der Waals surface area contributed by atoms with Crippen molar-refractivity contribution in [1.29, 1.82) is 0 Å². The second-order valence-electron chi connectivity index (χ2n) is 2.39. The van der Waals surface area contributed by atoms with E-state index in [1.807, 2.05) is 0 Å². The van der Waals surface area contributed by atoms with Crippen LogP contribution in [0.4, 0.5) is 0 Å². The molecule has 14 heavy (non-hydrogen) atoms. The number of aromatic carboxylic acids is 1. The van der Waals surface area contributed by atoms with Crippen molar-refractivity contribution in [2.45, 2.75) is 6.92 Å². The standard InChI is InChI=1S/C9H8O4.ClH/c1-6(10)13-8-5-3-2-4-7(8)9(11)12;/h2-5H,1H3,(H,11,12);1H. The Balaban J connectivity index is 0.00000169. The van der Waals surface area contributed by atoms with E-state index in [9.17, 15) is 9.59 Å². The van der Waals surface area contributed by atoms with Gasteiger partial charge in [-0.3, -0.25) is 4.79 Å². The van der Waals surface area contributed by atoms with Crippen molar-refractivity contribution in [3.05, 3.63) is 29.8 Å². The number of hydrogen-bond donors (Lipinski definition) is 1. The first kappa shape index (κ1) is 12.4. The monoisotopic (exact) mass is 216 g/mol. The summed E-state index contributed by atoms with van der Waals surface area (Å²) < 4.78 is 4.69. The lowest BCUT2D eigenvalue weighted by Crippen LogP contribution is -2.06. The van der Waals surface area contributed by atoms with Crippen LogP contribution in [0, 0.1) is 0 Å². The van der Waals surface area contributed by atoms with Gasteiger partial charge in [-0.15, -0.1) is 12.4 Å². The molecule has 76 valence electrons. The van der Waals surface area contributed by atoms with Gasteiger partial charge in [0, 0.05) is 6.92 Å². The van der Waals surface area contributed by atoms with Gasteiger partial charge < -0.3 is 9.84 Å². The molecule has 0 bridgehead atoms. The van der Waals surface area contributed by atoms with Gasteiger partial charge in [-0.2, -0.15) is 0 Å². The quantitative estimate of drug-likeness (QED) is 0.604. The Morgan fingerprint density at radius 1 is 1.29 bits per heavy atom. The van der Waals surface area contributed by atoms with E-state index in [0.29, 0.717) is 0 Å². The van der Waals surface area contributed by atoms with Crippen molar-refractivity contribution in [2.24, 2.45) is 0 Å². The molecule has 0 aliphatic heterocycles. The number of rotatable bonds is 2. The van der Waals surface area contributed by atoms with Gasteiger partial charge in [0.25, 0.3) is 0 Å². The molecule has 0 aromatic heterocycles. The maximum absolute atomic E-state index is 10.6. The van der Waals surface area contributed by atoms with Crippen molar-refractivity contribution in [3.63, 3.8) is 0 Å². The maximum atomic E-state index is 10.6. The molecular formula is C9H9ClO4. The van der Waals surface area contributed by atoms with Gasteiger partial charge in [0.05, 0.1) is 0 Å². The van der Waals surface area contributed by atoms with Crippen LogP contribution in [0.1, 0.15) is 17.3 Å². The zero-order chi connectivity index (χ0) is 9.84. The van der Waals surface area contributed by atoms with E-state index >= 15 is 0 Å². The van der Waals surface area contributed by atoms with Gasteiger partial charge in [-0.25, -0.2) is 4.79 Å². The number of carboxylic acids is 1. The fourth-order valence-electron chi connectivity index (χ4n) is 0.887. The minimum absolute atomic E-state index is 0. The fraction of sp³-hybridized carbons (Fsp3) is 0.111. The van der Waals surface area contributed by atoms with Crippen LogP contribution in [0.25, 0.3) is 0 Å². The van der Waals surface area contributed by atoms with Crippen LogP contribution in [-0.4, -0.2) is 17.0 Å². The smallest absolute Gasteiger partial charge is 0.339 e. The summed E-state index contributed by atoms with van der Waals surface area (Å²) in [5.41, 5.74) is -0.0160. The molecule has 0 heterocycles. The second-order valence-corrected chi connectivity index (χ2v) is 2.39. The molecule has 0 atom stereocenters. The highest BCUT2D eigenvalue weighted by molar-refractivity contribution is 5.91. The van der Waals surface area contributed by atoms with Crippen molar-refractivity contribution in [3.8, 4) is 5.75 Å². The predicted molar refractivity (Wildman–Crippen MR) is 52.0 cm³/mol. The van der Waals surface area contributed by atoms with E-state index < -0.39 is 11.9 Å². The Kier molecular flexibility index (Phi) is 4.66. The number of halogens is 1. The molecule has 1 N–H and O–H groups in total. The minimum atomic E-state index is -1.11. The highest BCUT2D eigenvalue weighted by atomic mass is 35.5. The fourth-order valence-corrected chi connectivity index (χ4v) is 0.887. The summed E-state index contributed by atoms with van der Waals surface area (Å²) in [7, 11) is 0. The average Bonchev–Trinajstić information content (AvgIpc) is 2.03. The molecule has 0 aliphatic rings. The number of esters is 1. The second kappa shape index (κ2) is 5.24. The maximum Gasteiger partial charge on any atom is 0.339 e. The molecule has 0 saturated heterocycles. The van der Waals surface area contributed by atoms with Crippen LogP contribution in [0.2, 0.25) is 0 Å². The SMILES string of the molecule is CC(=O)Oc1ccccc1C(=O)O.Cl. The summed E-state index contributed by atoms with van der Waals surface area (Å²) in [5, 5.41) is 8.69. The number of carboxylic acid groups (broad SMARTS) is 1. The first-order chi connectivity index (χ1) is 6.11. The summed E-state index contributed by atoms with van der Waals surface area (Å²) in [4.78, 5) is 21.2. The Hall–Kier alpha value is -1.55. The molecule has 0 aliphatic carbocycles. The van der Waals surface area contributed by atoms with E-state index in [1.54, 1.807) is 12.1 Å². The number of carbonyl (C=O) groups is 2. The Morgan fingerprint density at radius 3 is 2.36 bits per heavy atom. The normalized spacial score (nSPS) is 8.64. The molecule has 0 saturated carbocycles. The zero-order valence-electron chi connectivity index (χ0n) is 7.39. The van der Waals surface area contributed by atoms with Crippen molar-refractivity contribution < 1.29 is 19.4 Å². The van der Waals surface area contributed by atoms with Crippen LogP contribution in [-0.2, 0) is 4.79 Å². The van der Waals surface area contributed by atoms with E-state index in [2.05, 4.69) is 4.74 Å². The van der Waals surface area contributed by atoms with Crippen molar-refractivity contribution in [2.75, 3.05) is 0 Å². The van der Waals surface area contributed by atoms with E-state index in [0.717, 1.165) is 0 Å². The third-order valence-electron chi connectivity index (χ3n) is 1.37. The third kappa shape index (κ3) is 3.06. The summed E-state index contributed by atoms with van der Waals surface area (Å²) in [5.74, 6) is -1.58. The molecule has 0 fully saturated rings. The van der Waals surface area contributed by atoms with Gasteiger partial charge in [-0.05, 0) is 12.1 Å². The highest BCUT2D eigenvalue weighted by Crippen LogP contribution is 2.17. The van der Waals surface area contributed by atoms with Crippen LogP contribution in [0.3, 0.4) is 0 Å². The highest BCUT2D eigenvalue weighted by Gasteiger charge is 2.10. The molecule has 0 spiro atoms. The minimum Gasteiger partial charge on any atom is -0.478 e. The molecule has 0 unspecified atom stereocenters. The van der Waals surface area contributed by atoms with Gasteiger partial charge in [0.2, 0.25) is 0 Å². The topological polar surface area (TPSA) is 63.6 Å². The summed E-state index contributed by atoms with van der Waals surface area (Å²) >= 11 is 0. The first-order valence-corrected chi connectivity index (χ1v) is 3.62. The molecular weight excluding hydrogens is 208 g/mol. The summed E-state index contributed by atoms with van der Waals surface area (Å²) in [6.07, 6.45) is 0. The largest absolute Gasteiger partial charge is 0.478 e. The average molecular weight is 217 g/mol. The lowest BCUT2D eigenvalue weighted by Gasteiger charge is -2.03. The number of para-hydroxylation sites is 1. The van der Waals surface area contributed by atoms with Gasteiger partial charge in [0.15, 0.2) is 0 Å². The lowest BCUT2D eigenvalue weighted by atomic mass is 10.2. The number of carbonyl (C=O) groups excluding carboxylic acids is 1. The Morgan fingerprint density at radius 2 is 1.86 bits per heavy atom. The number of ether oxygens (including phenoxy) is 1. The molecule has 5 heteroatoms. The molecule has 1 aromatic carbocycles. The molecule has 1 rings (SSSR count).